The molecule has 0 aromatic carbocycles. The molecular formula is C11H16N2O3. The summed E-state index contributed by atoms with van der Waals surface area (Å²) in [6.07, 6.45) is 5.05. The number of nitrogens with one attached hydrogen (secondary N) is 1. The van der Waals surface area contributed by atoms with Crippen molar-refractivity contribution < 1.29 is 14.4 Å². The summed E-state index contributed by atoms with van der Waals surface area (Å²) in [5, 5.41) is 16.3. The van der Waals surface area contributed by atoms with Crippen LogP contribution in [-0.2, 0) is 0 Å². The third kappa shape index (κ3) is 2.24. The van der Waals surface area contributed by atoms with E-state index in [-0.39, 0.29) is 18.2 Å². The Morgan fingerprint density at radius 2 is 2.31 bits per heavy atom. The number of nitrogens with zero attached hydrogens (tertiary/aromatic N) is 1. The van der Waals surface area contributed by atoms with Gasteiger partial charge in [0, 0.05) is 12.1 Å². The van der Waals surface area contributed by atoms with Gasteiger partial charge >= 0.3 is 0 Å². The average Bonchev–Trinajstić information content (AvgIpc) is 2.85. The molecule has 0 spiro atoms. The van der Waals surface area contributed by atoms with Crippen molar-refractivity contribution in [3.05, 3.63) is 17.5 Å². The average molecular weight is 224 g/mol. The molecule has 0 radical (unpaired) electrons. The zero-order chi connectivity index (χ0) is 11.6. The molecule has 0 aliphatic heterocycles. The predicted octanol–water partition coefficient (Wildman–Crippen LogP) is 1.02. The van der Waals surface area contributed by atoms with Gasteiger partial charge in [0.1, 0.15) is 0 Å². The highest BCUT2D eigenvalue weighted by Crippen LogP contribution is 2.28. The highest BCUT2D eigenvalue weighted by atomic mass is 16.5. The van der Waals surface area contributed by atoms with Gasteiger partial charge in [0.25, 0.3) is 5.91 Å². The third-order valence-electron chi connectivity index (χ3n) is 3.07. The summed E-state index contributed by atoms with van der Waals surface area (Å²) in [7, 11) is 0. The number of hydrogen-bond donors (Lipinski definition) is 2. The largest absolute Gasteiger partial charge is 0.388 e. The molecular weight excluding hydrogens is 208 g/mol. The summed E-state index contributed by atoms with van der Waals surface area (Å²) in [5.74, 6) is -0.0862. The van der Waals surface area contributed by atoms with E-state index < -0.39 is 5.60 Å². The maximum atomic E-state index is 11.7. The van der Waals surface area contributed by atoms with E-state index in [1.54, 1.807) is 6.92 Å². The van der Waals surface area contributed by atoms with Gasteiger partial charge in [0.15, 0.2) is 0 Å². The number of rotatable bonds is 3. The maximum absolute atomic E-state index is 11.7. The SMILES string of the molecule is Cc1cnoc1C(=O)NCC1(O)CCCC1. The molecule has 2 rings (SSSR count). The van der Waals surface area contributed by atoms with Crippen molar-refractivity contribution in [2.45, 2.75) is 38.2 Å². The molecule has 0 atom stereocenters. The number of carbonyl (C=O) groups is 1. The third-order valence-corrected chi connectivity index (χ3v) is 3.07. The van der Waals surface area contributed by atoms with Crippen LogP contribution >= 0.6 is 0 Å². The fourth-order valence-corrected chi connectivity index (χ4v) is 2.04. The second-order valence-electron chi connectivity index (χ2n) is 4.45. The van der Waals surface area contributed by atoms with E-state index in [0.717, 1.165) is 25.7 Å². The van der Waals surface area contributed by atoms with Gasteiger partial charge in [-0.25, -0.2) is 0 Å². The van der Waals surface area contributed by atoms with Crippen molar-refractivity contribution in [1.29, 1.82) is 0 Å². The second kappa shape index (κ2) is 4.25. The molecule has 1 aromatic rings. The van der Waals surface area contributed by atoms with E-state index in [1.165, 1.54) is 6.20 Å². The molecule has 88 valence electrons. The molecule has 5 nitrogen and oxygen atoms in total. The van der Waals surface area contributed by atoms with E-state index in [0.29, 0.717) is 5.56 Å². The number of carbonyl (C=O) groups excluding carboxylic acids is 1. The number of aryl methyl sites for hydroxylation is 1. The molecule has 1 aromatic heterocycles. The lowest BCUT2D eigenvalue weighted by atomic mass is 10.0. The molecule has 0 saturated heterocycles. The van der Waals surface area contributed by atoms with Gasteiger partial charge in [0.2, 0.25) is 5.76 Å². The van der Waals surface area contributed by atoms with E-state index in [2.05, 4.69) is 10.5 Å². The van der Waals surface area contributed by atoms with Crippen molar-refractivity contribution in [2.75, 3.05) is 6.54 Å². The molecule has 1 fully saturated rings. The first-order valence-corrected chi connectivity index (χ1v) is 5.53. The Bertz CT molecular complexity index is 380. The Hall–Kier alpha value is -1.36. The Kier molecular flexibility index (Phi) is 2.96. The Morgan fingerprint density at radius 3 is 2.88 bits per heavy atom. The molecule has 1 aliphatic rings. The second-order valence-corrected chi connectivity index (χ2v) is 4.45. The number of amides is 1. The van der Waals surface area contributed by atoms with E-state index >= 15 is 0 Å². The standard InChI is InChI=1S/C11H16N2O3/c1-8-6-13-16-9(8)10(14)12-7-11(15)4-2-3-5-11/h6,15H,2-5,7H2,1H3,(H,12,14). The van der Waals surface area contributed by atoms with E-state index in [9.17, 15) is 9.90 Å². The number of aromatic nitrogens is 1. The van der Waals surface area contributed by atoms with Crippen molar-refractivity contribution in [1.82, 2.24) is 10.5 Å². The van der Waals surface area contributed by atoms with Gasteiger partial charge in [-0.05, 0) is 19.8 Å². The summed E-state index contributed by atoms with van der Waals surface area (Å²) in [5.41, 5.74) is -0.0280. The summed E-state index contributed by atoms with van der Waals surface area (Å²) < 4.78 is 4.83. The zero-order valence-electron chi connectivity index (χ0n) is 9.32. The summed E-state index contributed by atoms with van der Waals surface area (Å²) in [4.78, 5) is 11.7. The van der Waals surface area contributed by atoms with Crippen LogP contribution in [0.4, 0.5) is 0 Å². The summed E-state index contributed by atoms with van der Waals surface area (Å²) in [6.45, 7) is 2.04. The van der Waals surface area contributed by atoms with Crippen molar-refractivity contribution >= 4 is 5.91 Å². The first-order valence-electron chi connectivity index (χ1n) is 5.53. The van der Waals surface area contributed by atoms with Crippen LogP contribution in [0, 0.1) is 6.92 Å². The van der Waals surface area contributed by atoms with Crippen LogP contribution in [0.1, 0.15) is 41.8 Å². The minimum atomic E-state index is -0.733. The molecule has 1 saturated carbocycles. The van der Waals surface area contributed by atoms with Crippen molar-refractivity contribution in [3.63, 3.8) is 0 Å². The lowest BCUT2D eigenvalue weighted by Gasteiger charge is -2.21. The minimum absolute atomic E-state index is 0.224. The van der Waals surface area contributed by atoms with Gasteiger partial charge in [0.05, 0.1) is 11.8 Å². The van der Waals surface area contributed by atoms with Crippen molar-refractivity contribution in [3.8, 4) is 0 Å². The molecule has 1 aliphatic carbocycles. The quantitative estimate of drug-likeness (QED) is 0.803. The van der Waals surface area contributed by atoms with Crippen LogP contribution in [0.5, 0.6) is 0 Å². The van der Waals surface area contributed by atoms with Gasteiger partial charge in [-0.2, -0.15) is 0 Å². The van der Waals surface area contributed by atoms with Gasteiger partial charge in [-0.1, -0.05) is 18.0 Å². The Labute approximate surface area is 93.8 Å². The molecule has 1 heterocycles. The van der Waals surface area contributed by atoms with Crippen LogP contribution in [0.25, 0.3) is 0 Å². The molecule has 0 unspecified atom stereocenters. The maximum Gasteiger partial charge on any atom is 0.290 e. The Morgan fingerprint density at radius 1 is 1.62 bits per heavy atom. The topological polar surface area (TPSA) is 75.4 Å². The molecule has 0 bridgehead atoms. The minimum Gasteiger partial charge on any atom is -0.388 e. The fourth-order valence-electron chi connectivity index (χ4n) is 2.04. The molecule has 1 amide bonds. The smallest absolute Gasteiger partial charge is 0.290 e. The predicted molar refractivity (Wildman–Crippen MR) is 57.0 cm³/mol. The zero-order valence-corrected chi connectivity index (χ0v) is 9.32. The number of aliphatic hydroxyl groups is 1. The van der Waals surface area contributed by atoms with Crippen LogP contribution in [0.2, 0.25) is 0 Å². The van der Waals surface area contributed by atoms with Crippen LogP contribution in [0.15, 0.2) is 10.7 Å². The lowest BCUT2D eigenvalue weighted by molar-refractivity contribution is 0.0442. The van der Waals surface area contributed by atoms with Gasteiger partial charge in [-0.3, -0.25) is 4.79 Å². The summed E-state index contributed by atoms with van der Waals surface area (Å²) in [6, 6.07) is 0. The van der Waals surface area contributed by atoms with Crippen LogP contribution in [0.3, 0.4) is 0 Å². The monoisotopic (exact) mass is 224 g/mol. The lowest BCUT2D eigenvalue weighted by Crippen LogP contribution is -2.40. The summed E-state index contributed by atoms with van der Waals surface area (Å²) >= 11 is 0. The van der Waals surface area contributed by atoms with Crippen LogP contribution in [-0.4, -0.2) is 28.3 Å². The van der Waals surface area contributed by atoms with Crippen molar-refractivity contribution in [2.24, 2.45) is 0 Å². The van der Waals surface area contributed by atoms with Gasteiger partial charge < -0.3 is 14.9 Å². The fraction of sp³-hybridized carbons (Fsp3) is 0.636. The normalized spacial score (nSPS) is 18.6. The molecule has 16 heavy (non-hydrogen) atoms. The van der Waals surface area contributed by atoms with Crippen LogP contribution < -0.4 is 5.32 Å². The van der Waals surface area contributed by atoms with E-state index in [4.69, 9.17) is 4.52 Å². The highest BCUT2D eigenvalue weighted by Gasteiger charge is 2.31. The molecule has 5 heteroatoms. The first kappa shape index (κ1) is 11.1. The van der Waals surface area contributed by atoms with E-state index in [1.807, 2.05) is 0 Å². The number of hydrogen-bond acceptors (Lipinski definition) is 4. The highest BCUT2D eigenvalue weighted by molar-refractivity contribution is 5.92. The first-order chi connectivity index (χ1) is 7.61. The Balaban J connectivity index is 1.91. The van der Waals surface area contributed by atoms with Gasteiger partial charge in [-0.15, -0.1) is 0 Å². The molecule has 2 N–H and O–H groups in total.